The number of sulfone groups is 1. The highest BCUT2D eigenvalue weighted by atomic mass is 35.5. The molecule has 0 saturated carbocycles. The van der Waals surface area contributed by atoms with E-state index in [4.69, 9.17) is 4.78 Å². The van der Waals surface area contributed by atoms with Gasteiger partial charge in [0.25, 0.3) is 0 Å². The zero-order valence-corrected chi connectivity index (χ0v) is 20.4. The van der Waals surface area contributed by atoms with Gasteiger partial charge in [-0.3, -0.25) is 4.78 Å². The van der Waals surface area contributed by atoms with E-state index in [0.717, 1.165) is 27.4 Å². The molecule has 0 saturated heterocycles. The van der Waals surface area contributed by atoms with Crippen LogP contribution in [0.25, 0.3) is 22.4 Å². The van der Waals surface area contributed by atoms with Crippen LogP contribution in [0.4, 0.5) is 0 Å². The number of nitrogens with zero attached hydrogens (tertiary/aromatic N) is 1. The fourth-order valence-electron chi connectivity index (χ4n) is 3.52. The number of halogens is 1. The molecule has 0 aliphatic rings. The van der Waals surface area contributed by atoms with Gasteiger partial charge >= 0.3 is 0 Å². The number of aromatic amines is 1. The van der Waals surface area contributed by atoms with Crippen LogP contribution < -0.4 is 0 Å². The number of hydrogen-bond acceptors (Lipinski definition) is 4. The van der Waals surface area contributed by atoms with Crippen molar-refractivity contribution in [3.05, 3.63) is 91.1 Å². The van der Waals surface area contributed by atoms with Crippen molar-refractivity contribution in [1.82, 2.24) is 9.97 Å². The minimum Gasteiger partial charge on any atom is -0.348 e. The smallest absolute Gasteiger partial charge is 0.195 e. The minimum absolute atomic E-state index is 0. The summed E-state index contributed by atoms with van der Waals surface area (Å²) in [6.45, 7) is 0. The van der Waals surface area contributed by atoms with Crippen LogP contribution in [0.3, 0.4) is 0 Å². The molecule has 4 rings (SSSR count). The summed E-state index contributed by atoms with van der Waals surface area (Å²) in [6.07, 6.45) is 2.67. The maximum absolute atomic E-state index is 12.4. The molecule has 5 nitrogen and oxygen atoms in total. The largest absolute Gasteiger partial charge is 0.348 e. The summed E-state index contributed by atoms with van der Waals surface area (Å²) >= 11 is 0. The Morgan fingerprint density at radius 1 is 0.848 bits per heavy atom. The zero-order valence-electron chi connectivity index (χ0n) is 18.0. The van der Waals surface area contributed by atoms with Crippen LogP contribution in [0.15, 0.2) is 101 Å². The van der Waals surface area contributed by atoms with Gasteiger partial charge in [0, 0.05) is 17.5 Å². The Hall–Kier alpha value is -2.74. The van der Waals surface area contributed by atoms with Crippen LogP contribution in [-0.4, -0.2) is 29.9 Å². The van der Waals surface area contributed by atoms with E-state index in [1.807, 2.05) is 36.4 Å². The third kappa shape index (κ3) is 6.19. The topological polar surface area (TPSA) is 86.7 Å². The maximum atomic E-state index is 12.4. The van der Waals surface area contributed by atoms with E-state index in [1.54, 1.807) is 12.1 Å². The molecule has 0 spiro atoms. The van der Waals surface area contributed by atoms with Crippen LogP contribution in [-0.2, 0) is 20.5 Å². The number of unbranched alkanes of at least 4 members (excludes halogenated alkanes) is 1. The summed E-state index contributed by atoms with van der Waals surface area (Å²) in [5, 5.41) is 0.990. The van der Waals surface area contributed by atoms with E-state index in [9.17, 15) is 8.42 Å². The minimum atomic E-state index is -3.37. The van der Waals surface area contributed by atoms with Crippen LogP contribution in [0.2, 0.25) is 0 Å². The molecule has 2 aromatic carbocycles. The fourth-order valence-corrected chi connectivity index (χ4v) is 6.02. The van der Waals surface area contributed by atoms with Gasteiger partial charge in [-0.2, -0.15) is 0 Å². The molecule has 172 valence electrons. The molecule has 2 heterocycles. The average molecular weight is 500 g/mol. The van der Waals surface area contributed by atoms with E-state index < -0.39 is 20.5 Å². The molecular weight excluding hydrogens is 474 g/mol. The Morgan fingerprint density at radius 3 is 2.12 bits per heavy atom. The second-order valence-corrected chi connectivity index (χ2v) is 11.1. The third-order valence-corrected chi connectivity index (χ3v) is 8.33. The Bertz CT molecular complexity index is 1240. The lowest BCUT2D eigenvalue weighted by Crippen LogP contribution is -2.09. The lowest BCUT2D eigenvalue weighted by Gasteiger charge is -2.05. The molecular formula is C25H26ClN3O2S2. The van der Waals surface area contributed by atoms with Gasteiger partial charge in [0.05, 0.1) is 16.5 Å². The van der Waals surface area contributed by atoms with Crippen molar-refractivity contribution in [2.75, 3.05) is 11.5 Å². The first kappa shape index (κ1) is 24.9. The first-order valence-corrected chi connectivity index (χ1v) is 13.5. The highest BCUT2D eigenvalue weighted by Crippen LogP contribution is 2.33. The summed E-state index contributed by atoms with van der Waals surface area (Å²) in [6, 6.07) is 27.3. The molecule has 8 heteroatoms. The number of hydrogen-bond donors (Lipinski definition) is 2. The standard InChI is InChI=1S/C25H25N3O2S2.ClH/c26-31(17-9-10-18-32(29,30)24-15-7-8-16-27-24)23-19-22(20-11-3-1-4-12-20)25(28-23)21-13-5-2-6-14-21;/h1-8,11-16,19,26,28H,9-10,17-18H2;1H. The summed E-state index contributed by atoms with van der Waals surface area (Å²) in [5.41, 5.74) is 4.27. The summed E-state index contributed by atoms with van der Waals surface area (Å²) < 4.78 is 33.5. The van der Waals surface area contributed by atoms with Gasteiger partial charge < -0.3 is 4.98 Å². The van der Waals surface area contributed by atoms with Gasteiger partial charge in [-0.25, -0.2) is 13.4 Å². The van der Waals surface area contributed by atoms with Gasteiger partial charge in [0.15, 0.2) is 14.9 Å². The van der Waals surface area contributed by atoms with E-state index in [1.165, 1.54) is 12.3 Å². The number of pyridine rings is 1. The molecule has 1 atom stereocenters. The quantitative estimate of drug-likeness (QED) is 0.270. The van der Waals surface area contributed by atoms with E-state index in [2.05, 4.69) is 40.3 Å². The van der Waals surface area contributed by atoms with Gasteiger partial charge in [-0.15, -0.1) is 12.4 Å². The SMILES string of the molecule is Cl.N=S(CCCCS(=O)(=O)c1ccccn1)c1cc(-c2ccccc2)c(-c2ccccc2)[nH]1. The number of benzene rings is 2. The van der Waals surface area contributed by atoms with Crippen molar-refractivity contribution in [3.8, 4) is 22.4 Å². The second-order valence-electron chi connectivity index (χ2n) is 7.44. The molecule has 0 fully saturated rings. The first-order valence-electron chi connectivity index (χ1n) is 10.4. The first-order chi connectivity index (χ1) is 15.5. The average Bonchev–Trinajstić information content (AvgIpc) is 3.29. The molecule has 4 aromatic rings. The molecule has 0 aliphatic heterocycles. The van der Waals surface area contributed by atoms with Crippen molar-refractivity contribution in [2.24, 2.45) is 0 Å². The molecule has 2 aromatic heterocycles. The predicted octanol–water partition coefficient (Wildman–Crippen LogP) is 6.16. The van der Waals surface area contributed by atoms with Crippen LogP contribution >= 0.6 is 12.4 Å². The van der Waals surface area contributed by atoms with Crippen LogP contribution in [0.1, 0.15) is 12.8 Å². The lowest BCUT2D eigenvalue weighted by atomic mass is 10.0. The molecule has 1 unspecified atom stereocenters. The van der Waals surface area contributed by atoms with E-state index >= 15 is 0 Å². The van der Waals surface area contributed by atoms with Crippen molar-refractivity contribution < 1.29 is 8.42 Å². The molecule has 0 radical (unpaired) electrons. The molecule has 0 amide bonds. The second kappa shape index (κ2) is 11.4. The Morgan fingerprint density at radius 2 is 1.48 bits per heavy atom. The van der Waals surface area contributed by atoms with Crippen LogP contribution in [0.5, 0.6) is 0 Å². The van der Waals surface area contributed by atoms with E-state index in [-0.39, 0.29) is 23.2 Å². The maximum Gasteiger partial charge on any atom is 0.195 e. The summed E-state index contributed by atoms with van der Waals surface area (Å²) in [4.78, 5) is 7.43. The molecule has 2 N–H and O–H groups in total. The van der Waals surface area contributed by atoms with Crippen molar-refractivity contribution in [1.29, 1.82) is 4.78 Å². The highest BCUT2D eigenvalue weighted by molar-refractivity contribution is 7.91. The molecule has 0 bridgehead atoms. The van der Waals surface area contributed by atoms with Crippen molar-refractivity contribution >= 4 is 32.9 Å². The summed E-state index contributed by atoms with van der Waals surface area (Å²) in [7, 11) is -4.13. The van der Waals surface area contributed by atoms with Crippen LogP contribution in [0, 0.1) is 4.78 Å². The number of rotatable bonds is 9. The molecule has 0 aliphatic carbocycles. The Balaban J connectivity index is 0.00000306. The van der Waals surface area contributed by atoms with Gasteiger partial charge in [-0.1, -0.05) is 77.4 Å². The monoisotopic (exact) mass is 499 g/mol. The summed E-state index contributed by atoms with van der Waals surface area (Å²) in [5.74, 6) is 0.664. The predicted molar refractivity (Wildman–Crippen MR) is 138 cm³/mol. The lowest BCUT2D eigenvalue weighted by molar-refractivity contribution is 0.589. The third-order valence-electron chi connectivity index (χ3n) is 5.17. The number of nitrogens with one attached hydrogen (secondary N) is 2. The normalized spacial score (nSPS) is 12.1. The van der Waals surface area contributed by atoms with Gasteiger partial charge in [-0.05, 0) is 42.2 Å². The number of aromatic nitrogens is 2. The van der Waals surface area contributed by atoms with Crippen molar-refractivity contribution in [3.63, 3.8) is 0 Å². The zero-order chi connectivity index (χ0) is 22.4. The van der Waals surface area contributed by atoms with Crippen molar-refractivity contribution in [2.45, 2.75) is 22.9 Å². The van der Waals surface area contributed by atoms with E-state index in [0.29, 0.717) is 18.6 Å². The Kier molecular flexibility index (Phi) is 8.61. The van der Waals surface area contributed by atoms with Gasteiger partial charge in [0.2, 0.25) is 0 Å². The molecule has 33 heavy (non-hydrogen) atoms. The Labute approximate surface area is 203 Å². The number of H-pyrrole nitrogens is 1. The van der Waals surface area contributed by atoms with Gasteiger partial charge in [0.1, 0.15) is 0 Å². The highest BCUT2D eigenvalue weighted by Gasteiger charge is 2.16. The fraction of sp³-hybridized carbons (Fsp3) is 0.160.